The number of ether oxygens (including phenoxy) is 1. The van der Waals surface area contributed by atoms with Crippen LogP contribution in [0.5, 0.6) is 11.5 Å². The van der Waals surface area contributed by atoms with Crippen molar-refractivity contribution >= 4 is 11.5 Å². The van der Waals surface area contributed by atoms with Crippen molar-refractivity contribution in [1.29, 1.82) is 0 Å². The maximum Gasteiger partial charge on any atom is 0.220 e. The van der Waals surface area contributed by atoms with Crippen molar-refractivity contribution in [2.75, 3.05) is 12.3 Å². The Hall–Kier alpha value is -2.80. The summed E-state index contributed by atoms with van der Waals surface area (Å²) in [7, 11) is 0. The van der Waals surface area contributed by atoms with Crippen LogP contribution in [0.15, 0.2) is 42.1 Å². The monoisotopic (exact) mass is 370 g/mol. The Morgan fingerprint density at radius 1 is 1.26 bits per heavy atom. The van der Waals surface area contributed by atoms with Crippen LogP contribution in [0.3, 0.4) is 0 Å². The molecule has 140 valence electrons. The molecule has 0 bridgehead atoms. The smallest absolute Gasteiger partial charge is 0.220 e. The number of hydrogen-bond acceptors (Lipinski definition) is 5. The second-order valence-electron chi connectivity index (χ2n) is 6.96. The van der Waals surface area contributed by atoms with E-state index in [2.05, 4.69) is 15.3 Å². The first-order valence-electron chi connectivity index (χ1n) is 8.89. The fourth-order valence-electron chi connectivity index (χ4n) is 3.02. The van der Waals surface area contributed by atoms with Gasteiger partial charge in [-0.25, -0.2) is 18.7 Å². The van der Waals surface area contributed by atoms with E-state index in [4.69, 9.17) is 10.5 Å². The Balaban J connectivity index is 1.62. The van der Waals surface area contributed by atoms with E-state index in [0.29, 0.717) is 5.69 Å². The number of rotatable bonds is 6. The summed E-state index contributed by atoms with van der Waals surface area (Å²) in [4.78, 5) is 8.22. The molecule has 5 nitrogen and oxygen atoms in total. The number of anilines is 1. The summed E-state index contributed by atoms with van der Waals surface area (Å²) in [5, 5.41) is 3.53. The minimum atomic E-state index is -0.797. The number of nitrogens with zero attached hydrogens (tertiary/aromatic N) is 2. The van der Waals surface area contributed by atoms with Gasteiger partial charge in [-0.3, -0.25) is 0 Å². The number of nitrogens with one attached hydrogen (secondary N) is 1. The van der Waals surface area contributed by atoms with Crippen LogP contribution >= 0.6 is 0 Å². The lowest BCUT2D eigenvalue weighted by molar-refractivity contribution is 0.433. The van der Waals surface area contributed by atoms with E-state index in [9.17, 15) is 8.78 Å². The largest absolute Gasteiger partial charge is 0.450 e. The van der Waals surface area contributed by atoms with E-state index in [-0.39, 0.29) is 23.5 Å². The highest BCUT2D eigenvalue weighted by atomic mass is 19.1. The molecule has 1 unspecified atom stereocenters. The number of nitrogen functional groups attached to an aromatic ring is 1. The zero-order valence-electron chi connectivity index (χ0n) is 14.9. The number of aromatic nitrogens is 2. The molecule has 2 aliphatic carbocycles. The number of hydrogen-bond donors (Lipinski definition) is 2. The Kier molecular flexibility index (Phi) is 4.61. The number of nitrogens with two attached hydrogens (primary N) is 1. The third-order valence-corrected chi connectivity index (χ3v) is 4.70. The quantitative estimate of drug-likeness (QED) is 0.808. The molecule has 2 aliphatic rings. The molecule has 3 N–H and O–H groups in total. The van der Waals surface area contributed by atoms with Crippen LogP contribution in [0, 0.1) is 17.6 Å². The standard InChI is InChI=1S/C20H20F2N4O/c1-11-6-13(7-16(11)24-9-12-2-3-12)19-18(10-25-20(23)26-19)27-17-5-4-14(21)8-15(17)22/h4-8,10,12,16,24H,2-3,9H2,1H3,(H2,23,25,26). The van der Waals surface area contributed by atoms with Crippen LogP contribution in [0.1, 0.15) is 25.5 Å². The molecular formula is C20H20F2N4O. The van der Waals surface area contributed by atoms with Crippen LogP contribution in [-0.4, -0.2) is 22.6 Å². The minimum absolute atomic E-state index is 0.0956. The van der Waals surface area contributed by atoms with Crippen molar-refractivity contribution < 1.29 is 13.5 Å². The molecule has 4 rings (SSSR count). The molecule has 1 heterocycles. The van der Waals surface area contributed by atoms with Gasteiger partial charge in [0.15, 0.2) is 17.3 Å². The number of halogens is 2. The van der Waals surface area contributed by atoms with Crippen molar-refractivity contribution in [2.24, 2.45) is 5.92 Å². The maximum atomic E-state index is 14.0. The third-order valence-electron chi connectivity index (χ3n) is 4.70. The molecule has 0 spiro atoms. The molecule has 7 heteroatoms. The lowest BCUT2D eigenvalue weighted by Crippen LogP contribution is -2.28. The second kappa shape index (κ2) is 7.08. The summed E-state index contributed by atoms with van der Waals surface area (Å²) in [6.45, 7) is 3.02. The average Bonchev–Trinajstić information content (AvgIpc) is 3.39. The summed E-state index contributed by atoms with van der Waals surface area (Å²) in [5.41, 5.74) is 8.20. The van der Waals surface area contributed by atoms with Gasteiger partial charge in [-0.15, -0.1) is 0 Å². The van der Waals surface area contributed by atoms with E-state index >= 15 is 0 Å². The molecular weight excluding hydrogens is 350 g/mol. The fourth-order valence-corrected chi connectivity index (χ4v) is 3.02. The van der Waals surface area contributed by atoms with Gasteiger partial charge < -0.3 is 15.8 Å². The summed E-state index contributed by atoms with van der Waals surface area (Å²) in [6, 6.07) is 3.25. The minimum Gasteiger partial charge on any atom is -0.450 e. The van der Waals surface area contributed by atoms with Gasteiger partial charge in [0, 0.05) is 17.7 Å². The SMILES string of the molecule is CC1=CC(c2nc(N)ncc2Oc2ccc(F)cc2F)=CC1NCC1CC1. The molecule has 1 aromatic carbocycles. The number of allylic oxidation sites excluding steroid dienone is 2. The summed E-state index contributed by atoms with van der Waals surface area (Å²) in [6.07, 6.45) is 8.01. The lowest BCUT2D eigenvalue weighted by Gasteiger charge is -2.12. The molecule has 27 heavy (non-hydrogen) atoms. The zero-order chi connectivity index (χ0) is 19.0. The predicted molar refractivity (Wildman–Crippen MR) is 99.1 cm³/mol. The van der Waals surface area contributed by atoms with Gasteiger partial charge in [-0.05, 0) is 44.4 Å². The highest BCUT2D eigenvalue weighted by molar-refractivity contribution is 5.80. The van der Waals surface area contributed by atoms with E-state index in [1.807, 2.05) is 19.1 Å². The Morgan fingerprint density at radius 2 is 2.07 bits per heavy atom. The average molecular weight is 370 g/mol. The van der Waals surface area contributed by atoms with Crippen molar-refractivity contribution in [1.82, 2.24) is 15.3 Å². The molecule has 2 aromatic rings. The lowest BCUT2D eigenvalue weighted by atomic mass is 10.2. The third kappa shape index (κ3) is 3.98. The van der Waals surface area contributed by atoms with Crippen molar-refractivity contribution in [3.05, 3.63) is 59.4 Å². The Bertz CT molecular complexity index is 938. The molecule has 1 atom stereocenters. The molecule has 1 saturated carbocycles. The Morgan fingerprint density at radius 3 is 2.81 bits per heavy atom. The van der Waals surface area contributed by atoms with E-state index in [1.54, 1.807) is 0 Å². The van der Waals surface area contributed by atoms with Crippen molar-refractivity contribution in [2.45, 2.75) is 25.8 Å². The highest BCUT2D eigenvalue weighted by Crippen LogP contribution is 2.35. The summed E-state index contributed by atoms with van der Waals surface area (Å²) >= 11 is 0. The first kappa shape index (κ1) is 17.6. The van der Waals surface area contributed by atoms with E-state index in [1.165, 1.54) is 25.1 Å². The topological polar surface area (TPSA) is 73.1 Å². The predicted octanol–water partition coefficient (Wildman–Crippen LogP) is 3.84. The van der Waals surface area contributed by atoms with Crippen LogP contribution < -0.4 is 15.8 Å². The zero-order valence-corrected chi connectivity index (χ0v) is 14.9. The molecule has 1 aromatic heterocycles. The second-order valence-corrected chi connectivity index (χ2v) is 6.96. The Labute approximate surface area is 156 Å². The van der Waals surface area contributed by atoms with Gasteiger partial charge in [-0.2, -0.15) is 0 Å². The van der Waals surface area contributed by atoms with Gasteiger partial charge >= 0.3 is 0 Å². The molecule has 0 radical (unpaired) electrons. The van der Waals surface area contributed by atoms with E-state index < -0.39 is 11.6 Å². The maximum absolute atomic E-state index is 14.0. The number of benzene rings is 1. The molecule has 1 fully saturated rings. The van der Waals surface area contributed by atoms with Gasteiger partial charge in [0.05, 0.1) is 6.20 Å². The fraction of sp³-hybridized carbons (Fsp3) is 0.300. The van der Waals surface area contributed by atoms with Crippen molar-refractivity contribution in [3.8, 4) is 11.5 Å². The normalized spacial score (nSPS) is 19.0. The summed E-state index contributed by atoms with van der Waals surface area (Å²) < 4.78 is 32.7. The van der Waals surface area contributed by atoms with Gasteiger partial charge in [0.1, 0.15) is 11.5 Å². The van der Waals surface area contributed by atoms with E-state index in [0.717, 1.165) is 35.7 Å². The van der Waals surface area contributed by atoms with Crippen LogP contribution in [0.2, 0.25) is 0 Å². The van der Waals surface area contributed by atoms with Gasteiger partial charge in [0.25, 0.3) is 0 Å². The van der Waals surface area contributed by atoms with Crippen LogP contribution in [0.4, 0.5) is 14.7 Å². The highest BCUT2D eigenvalue weighted by Gasteiger charge is 2.25. The van der Waals surface area contributed by atoms with Crippen LogP contribution in [0.25, 0.3) is 5.57 Å². The molecule has 0 saturated heterocycles. The first-order chi connectivity index (χ1) is 13.0. The molecule has 0 amide bonds. The molecule has 0 aliphatic heterocycles. The van der Waals surface area contributed by atoms with Gasteiger partial charge in [-0.1, -0.05) is 17.7 Å². The van der Waals surface area contributed by atoms with Crippen LogP contribution in [-0.2, 0) is 0 Å². The first-order valence-corrected chi connectivity index (χ1v) is 8.89. The van der Waals surface area contributed by atoms with Gasteiger partial charge in [0.2, 0.25) is 5.95 Å². The van der Waals surface area contributed by atoms with Crippen molar-refractivity contribution in [3.63, 3.8) is 0 Å². The summed E-state index contributed by atoms with van der Waals surface area (Å²) in [5.74, 6) is -0.450.